The van der Waals surface area contributed by atoms with Gasteiger partial charge >= 0.3 is 0 Å². The Morgan fingerprint density at radius 3 is 2.47 bits per heavy atom. The third-order valence-electron chi connectivity index (χ3n) is 5.41. The second kappa shape index (κ2) is 8.32. The van der Waals surface area contributed by atoms with Crippen LogP contribution in [0.4, 0.5) is 0 Å². The zero-order chi connectivity index (χ0) is 21.3. The van der Waals surface area contributed by atoms with Gasteiger partial charge in [-0.1, -0.05) is 61.0 Å². The highest BCUT2D eigenvalue weighted by molar-refractivity contribution is 7.89. The number of hydrogen-bond donors (Lipinski definition) is 0. The first-order valence-corrected chi connectivity index (χ1v) is 11.8. The van der Waals surface area contributed by atoms with Gasteiger partial charge < -0.3 is 4.52 Å². The zero-order valence-electron chi connectivity index (χ0n) is 17.6. The maximum absolute atomic E-state index is 13.3. The molecule has 30 heavy (non-hydrogen) atoms. The summed E-state index contributed by atoms with van der Waals surface area (Å²) in [7, 11) is -3.64. The van der Waals surface area contributed by atoms with Crippen LogP contribution in [0.15, 0.2) is 57.9 Å². The van der Waals surface area contributed by atoms with Gasteiger partial charge in [-0.05, 0) is 49.8 Å². The summed E-state index contributed by atoms with van der Waals surface area (Å²) in [5, 5.41) is 4.08. The summed E-state index contributed by atoms with van der Waals surface area (Å²) < 4.78 is 33.6. The number of hydrogen-bond acceptors (Lipinski definition) is 5. The van der Waals surface area contributed by atoms with E-state index in [2.05, 4.69) is 24.0 Å². The molecule has 4 rings (SSSR count). The van der Waals surface area contributed by atoms with Crippen molar-refractivity contribution in [1.82, 2.24) is 14.4 Å². The van der Waals surface area contributed by atoms with Crippen molar-refractivity contribution in [3.8, 4) is 11.4 Å². The van der Waals surface area contributed by atoms with Gasteiger partial charge in [-0.3, -0.25) is 0 Å². The monoisotopic (exact) mass is 425 g/mol. The molecule has 0 saturated carbocycles. The van der Waals surface area contributed by atoms with E-state index in [4.69, 9.17) is 4.52 Å². The third-order valence-corrected chi connectivity index (χ3v) is 7.34. The molecule has 0 radical (unpaired) electrons. The minimum atomic E-state index is -3.64. The van der Waals surface area contributed by atoms with Crippen molar-refractivity contribution in [2.75, 3.05) is 6.54 Å². The number of aryl methyl sites for hydroxylation is 1. The Morgan fingerprint density at radius 1 is 1.10 bits per heavy atom. The molecule has 1 aliphatic heterocycles. The quantitative estimate of drug-likeness (QED) is 0.569. The van der Waals surface area contributed by atoms with Gasteiger partial charge in [0, 0.05) is 12.1 Å². The summed E-state index contributed by atoms with van der Waals surface area (Å²) in [6.07, 6.45) is 2.36. The van der Waals surface area contributed by atoms with Crippen LogP contribution >= 0.6 is 0 Å². The van der Waals surface area contributed by atoms with E-state index < -0.39 is 16.1 Å². The average molecular weight is 426 g/mol. The number of aromatic nitrogens is 2. The lowest BCUT2D eigenvalue weighted by atomic mass is 10.0. The van der Waals surface area contributed by atoms with Gasteiger partial charge in [0.1, 0.15) is 6.04 Å². The minimum Gasteiger partial charge on any atom is -0.337 e. The number of benzene rings is 2. The Morgan fingerprint density at radius 2 is 1.80 bits per heavy atom. The molecule has 0 N–H and O–H groups in total. The van der Waals surface area contributed by atoms with E-state index in [0.717, 1.165) is 29.5 Å². The van der Waals surface area contributed by atoms with Gasteiger partial charge in [0.25, 0.3) is 0 Å². The highest BCUT2D eigenvalue weighted by atomic mass is 32.2. The van der Waals surface area contributed by atoms with Crippen molar-refractivity contribution in [3.05, 3.63) is 65.5 Å². The number of rotatable bonds is 6. The van der Waals surface area contributed by atoms with Crippen LogP contribution in [0.2, 0.25) is 0 Å². The first kappa shape index (κ1) is 20.8. The summed E-state index contributed by atoms with van der Waals surface area (Å²) in [4.78, 5) is 4.82. The van der Waals surface area contributed by atoms with Crippen LogP contribution < -0.4 is 0 Å². The molecule has 0 spiro atoms. The molecule has 1 atom stereocenters. The molecule has 0 bridgehead atoms. The minimum absolute atomic E-state index is 0.306. The van der Waals surface area contributed by atoms with Crippen molar-refractivity contribution >= 4 is 10.0 Å². The maximum atomic E-state index is 13.3. The van der Waals surface area contributed by atoms with E-state index in [0.29, 0.717) is 35.5 Å². The summed E-state index contributed by atoms with van der Waals surface area (Å²) >= 11 is 0. The Bertz CT molecular complexity index is 1100. The molecule has 1 saturated heterocycles. The predicted octanol–water partition coefficient (Wildman–Crippen LogP) is 4.77. The van der Waals surface area contributed by atoms with Crippen LogP contribution in [0.5, 0.6) is 0 Å². The molecule has 0 amide bonds. The number of nitrogens with zero attached hydrogens (tertiary/aromatic N) is 3. The summed E-state index contributed by atoms with van der Waals surface area (Å²) in [6.45, 7) is 6.76. The van der Waals surface area contributed by atoms with Crippen LogP contribution in [0.25, 0.3) is 11.4 Å². The van der Waals surface area contributed by atoms with Crippen molar-refractivity contribution in [2.24, 2.45) is 5.92 Å². The van der Waals surface area contributed by atoms with Crippen LogP contribution in [0.1, 0.15) is 49.7 Å². The van der Waals surface area contributed by atoms with E-state index in [1.807, 2.05) is 43.3 Å². The van der Waals surface area contributed by atoms with Crippen LogP contribution in [-0.2, 0) is 16.4 Å². The fourth-order valence-electron chi connectivity index (χ4n) is 3.87. The Labute approximate surface area is 178 Å². The topological polar surface area (TPSA) is 76.3 Å². The molecule has 6 nitrogen and oxygen atoms in total. The first-order chi connectivity index (χ1) is 14.3. The van der Waals surface area contributed by atoms with Gasteiger partial charge in [-0.2, -0.15) is 9.29 Å². The zero-order valence-corrected chi connectivity index (χ0v) is 18.4. The summed E-state index contributed by atoms with van der Waals surface area (Å²) in [5.74, 6) is 1.35. The lowest BCUT2D eigenvalue weighted by Gasteiger charge is -2.21. The standard InChI is InChI=1S/C23H27N3O3S/c1-16(2)15-18-8-12-20(13-9-18)30(27,28)26-14-4-5-21(26)23-24-22(25-29-23)19-10-6-17(3)7-11-19/h6-13,16,21H,4-5,14-15H2,1-3H3/t21-/m1/s1. The third kappa shape index (κ3) is 4.18. The van der Waals surface area contributed by atoms with Crippen molar-refractivity contribution in [3.63, 3.8) is 0 Å². The lowest BCUT2D eigenvalue weighted by Crippen LogP contribution is -2.30. The predicted molar refractivity (Wildman–Crippen MR) is 115 cm³/mol. The van der Waals surface area contributed by atoms with Crippen LogP contribution in [0.3, 0.4) is 0 Å². The highest BCUT2D eigenvalue weighted by Crippen LogP contribution is 2.36. The molecule has 0 unspecified atom stereocenters. The second-order valence-corrected chi connectivity index (χ2v) is 10.2. The molecule has 2 heterocycles. The molecule has 1 fully saturated rings. The Hall–Kier alpha value is -2.51. The summed E-state index contributed by atoms with van der Waals surface area (Å²) in [6, 6.07) is 14.6. The highest BCUT2D eigenvalue weighted by Gasteiger charge is 2.39. The fraction of sp³-hybridized carbons (Fsp3) is 0.391. The Balaban J connectivity index is 1.58. The second-order valence-electron chi connectivity index (χ2n) is 8.34. The van der Waals surface area contributed by atoms with E-state index in [1.54, 1.807) is 12.1 Å². The van der Waals surface area contributed by atoms with E-state index in [9.17, 15) is 8.42 Å². The molecule has 7 heteroatoms. The van der Waals surface area contributed by atoms with Gasteiger partial charge in [0.05, 0.1) is 4.90 Å². The van der Waals surface area contributed by atoms with Gasteiger partial charge in [-0.15, -0.1) is 0 Å². The van der Waals surface area contributed by atoms with Gasteiger partial charge in [-0.25, -0.2) is 8.42 Å². The molecule has 0 aliphatic carbocycles. The van der Waals surface area contributed by atoms with Crippen molar-refractivity contribution in [2.45, 2.75) is 51.0 Å². The molecular weight excluding hydrogens is 398 g/mol. The summed E-state index contributed by atoms with van der Waals surface area (Å²) in [5.41, 5.74) is 3.14. The number of sulfonamides is 1. The Kier molecular flexibility index (Phi) is 5.75. The molecule has 3 aromatic rings. The average Bonchev–Trinajstić information content (AvgIpc) is 3.38. The SMILES string of the molecule is Cc1ccc(-c2noc([C@H]3CCCN3S(=O)(=O)c3ccc(CC(C)C)cc3)n2)cc1. The molecule has 1 aliphatic rings. The molecular formula is C23H27N3O3S. The van der Waals surface area contributed by atoms with Crippen molar-refractivity contribution in [1.29, 1.82) is 0 Å². The van der Waals surface area contributed by atoms with E-state index in [-0.39, 0.29) is 0 Å². The molecule has 158 valence electrons. The van der Waals surface area contributed by atoms with Gasteiger partial charge in [0.2, 0.25) is 21.7 Å². The van der Waals surface area contributed by atoms with Crippen LogP contribution in [-0.4, -0.2) is 29.4 Å². The largest absolute Gasteiger partial charge is 0.337 e. The lowest BCUT2D eigenvalue weighted by molar-refractivity contribution is 0.290. The smallest absolute Gasteiger partial charge is 0.245 e. The van der Waals surface area contributed by atoms with E-state index in [1.165, 1.54) is 4.31 Å². The first-order valence-electron chi connectivity index (χ1n) is 10.4. The maximum Gasteiger partial charge on any atom is 0.245 e. The van der Waals surface area contributed by atoms with Crippen LogP contribution in [0, 0.1) is 12.8 Å². The molecule has 1 aromatic heterocycles. The fourth-order valence-corrected chi connectivity index (χ4v) is 5.52. The van der Waals surface area contributed by atoms with E-state index >= 15 is 0 Å². The van der Waals surface area contributed by atoms with Crippen molar-refractivity contribution < 1.29 is 12.9 Å². The normalized spacial score (nSPS) is 17.7. The molecule has 2 aromatic carbocycles. The van der Waals surface area contributed by atoms with Gasteiger partial charge in [0.15, 0.2) is 0 Å².